The molecule has 1 atom stereocenters. The minimum absolute atomic E-state index is 0.0232. The number of hydrogen-bond acceptors (Lipinski definition) is 5. The average Bonchev–Trinajstić information content (AvgIpc) is 2.94. The third-order valence-electron chi connectivity index (χ3n) is 4.89. The Morgan fingerprint density at radius 2 is 2.32 bits per heavy atom. The number of likely N-dealkylation sites (tertiary alicyclic amines) is 1. The lowest BCUT2D eigenvalue weighted by Gasteiger charge is -2.46. The average molecular weight is 323 g/mol. The van der Waals surface area contributed by atoms with E-state index in [1.807, 2.05) is 11.8 Å². The number of piperidine rings is 1. The minimum atomic E-state index is -0.0232. The molecule has 22 heavy (non-hydrogen) atoms. The molecule has 0 aliphatic carbocycles. The largest absolute Gasteiger partial charge is 0.375 e. The predicted molar refractivity (Wildman–Crippen MR) is 87.4 cm³/mol. The second kappa shape index (κ2) is 6.64. The second-order valence-corrected chi connectivity index (χ2v) is 7.19. The van der Waals surface area contributed by atoms with Gasteiger partial charge in [0.2, 0.25) is 0 Å². The van der Waals surface area contributed by atoms with Crippen molar-refractivity contribution in [3.05, 3.63) is 16.1 Å². The van der Waals surface area contributed by atoms with E-state index in [0.29, 0.717) is 6.04 Å². The van der Waals surface area contributed by atoms with Gasteiger partial charge in [0.25, 0.3) is 5.91 Å². The van der Waals surface area contributed by atoms with Gasteiger partial charge in [-0.05, 0) is 39.2 Å². The van der Waals surface area contributed by atoms with Crippen LogP contribution in [0.3, 0.4) is 0 Å². The fourth-order valence-electron chi connectivity index (χ4n) is 3.61. The standard InChI is InChI=1S/C16H25N3O2S/c1-3-17-13-4-9-21-16(10-13)5-7-19(8-6-16)15(20)14-12(2)18-11-22-14/h11,13,17H,3-10H2,1-2H3/t13-/m1/s1. The molecule has 2 saturated heterocycles. The van der Waals surface area contributed by atoms with Crippen LogP contribution < -0.4 is 5.32 Å². The Hall–Kier alpha value is -0.980. The van der Waals surface area contributed by atoms with Crippen LogP contribution in [0.1, 0.15) is 48.0 Å². The van der Waals surface area contributed by atoms with Gasteiger partial charge in [0.1, 0.15) is 4.88 Å². The quantitative estimate of drug-likeness (QED) is 0.927. The van der Waals surface area contributed by atoms with Crippen LogP contribution in [0.5, 0.6) is 0 Å². The van der Waals surface area contributed by atoms with Gasteiger partial charge in [-0.1, -0.05) is 6.92 Å². The molecule has 1 aromatic rings. The van der Waals surface area contributed by atoms with Crippen molar-refractivity contribution in [1.29, 1.82) is 0 Å². The third kappa shape index (κ3) is 3.19. The lowest BCUT2D eigenvalue weighted by molar-refractivity contribution is -0.115. The molecule has 2 fully saturated rings. The molecule has 1 spiro atoms. The van der Waals surface area contributed by atoms with Gasteiger partial charge in [0, 0.05) is 25.7 Å². The number of hydrogen-bond donors (Lipinski definition) is 1. The summed E-state index contributed by atoms with van der Waals surface area (Å²) in [6.07, 6.45) is 4.05. The minimum Gasteiger partial charge on any atom is -0.375 e. The maximum Gasteiger partial charge on any atom is 0.265 e. The molecule has 1 aromatic heterocycles. The van der Waals surface area contributed by atoms with Crippen molar-refractivity contribution in [1.82, 2.24) is 15.2 Å². The Morgan fingerprint density at radius 3 is 2.95 bits per heavy atom. The van der Waals surface area contributed by atoms with E-state index in [1.165, 1.54) is 11.3 Å². The molecule has 0 unspecified atom stereocenters. The first-order valence-electron chi connectivity index (χ1n) is 8.20. The molecule has 0 bridgehead atoms. The fourth-order valence-corrected chi connectivity index (χ4v) is 4.38. The highest BCUT2D eigenvalue weighted by Crippen LogP contribution is 2.35. The molecule has 0 radical (unpaired) electrons. The Kier molecular flexibility index (Phi) is 4.80. The van der Waals surface area contributed by atoms with Gasteiger partial charge in [-0.25, -0.2) is 4.98 Å². The third-order valence-corrected chi connectivity index (χ3v) is 5.80. The number of nitrogens with one attached hydrogen (secondary N) is 1. The van der Waals surface area contributed by atoms with Crippen LogP contribution in [0.2, 0.25) is 0 Å². The normalized spacial score (nSPS) is 24.6. The molecule has 5 nitrogen and oxygen atoms in total. The molecule has 1 N–H and O–H groups in total. The van der Waals surface area contributed by atoms with Gasteiger partial charge in [-0.2, -0.15) is 0 Å². The van der Waals surface area contributed by atoms with Crippen molar-refractivity contribution in [2.45, 2.75) is 51.2 Å². The van der Waals surface area contributed by atoms with Crippen molar-refractivity contribution in [2.75, 3.05) is 26.2 Å². The number of carbonyl (C=O) groups excluding carboxylic acids is 1. The number of rotatable bonds is 3. The summed E-state index contributed by atoms with van der Waals surface area (Å²) in [6.45, 7) is 7.47. The summed E-state index contributed by atoms with van der Waals surface area (Å²) in [4.78, 5) is 19.5. The van der Waals surface area contributed by atoms with Gasteiger partial charge in [0.15, 0.2) is 0 Å². The summed E-state index contributed by atoms with van der Waals surface area (Å²) in [5.41, 5.74) is 2.57. The zero-order valence-corrected chi connectivity index (χ0v) is 14.2. The molecular formula is C16H25N3O2S. The van der Waals surface area contributed by atoms with E-state index in [-0.39, 0.29) is 11.5 Å². The van der Waals surface area contributed by atoms with E-state index in [9.17, 15) is 4.79 Å². The van der Waals surface area contributed by atoms with Crippen LogP contribution >= 0.6 is 11.3 Å². The molecule has 0 saturated carbocycles. The zero-order chi connectivity index (χ0) is 15.6. The summed E-state index contributed by atoms with van der Waals surface area (Å²) in [7, 11) is 0. The van der Waals surface area contributed by atoms with E-state index in [1.54, 1.807) is 5.51 Å². The van der Waals surface area contributed by atoms with Gasteiger partial charge < -0.3 is 15.0 Å². The van der Waals surface area contributed by atoms with Gasteiger partial charge in [-0.3, -0.25) is 4.79 Å². The van der Waals surface area contributed by atoms with Crippen molar-refractivity contribution in [3.8, 4) is 0 Å². The van der Waals surface area contributed by atoms with Crippen LogP contribution in [0.25, 0.3) is 0 Å². The molecule has 1 amide bonds. The maximum atomic E-state index is 12.6. The predicted octanol–water partition coefficient (Wildman–Crippen LogP) is 2.21. The SMILES string of the molecule is CCN[C@@H]1CCOC2(CCN(C(=O)c3scnc3C)CC2)C1. The van der Waals surface area contributed by atoms with Crippen LogP contribution in [-0.2, 0) is 4.74 Å². The van der Waals surface area contributed by atoms with Gasteiger partial charge in [-0.15, -0.1) is 11.3 Å². The number of aromatic nitrogens is 1. The van der Waals surface area contributed by atoms with Gasteiger partial charge in [0.05, 0.1) is 16.8 Å². The summed E-state index contributed by atoms with van der Waals surface area (Å²) in [5, 5.41) is 3.55. The first kappa shape index (κ1) is 15.9. The molecule has 0 aromatic carbocycles. The molecule has 3 heterocycles. The highest BCUT2D eigenvalue weighted by molar-refractivity contribution is 7.11. The molecule has 2 aliphatic rings. The molecule has 122 valence electrons. The summed E-state index contributed by atoms with van der Waals surface area (Å²) in [6, 6.07) is 0.560. The van der Waals surface area contributed by atoms with Crippen molar-refractivity contribution < 1.29 is 9.53 Å². The summed E-state index contributed by atoms with van der Waals surface area (Å²) < 4.78 is 6.14. The highest BCUT2D eigenvalue weighted by Gasteiger charge is 2.41. The van der Waals surface area contributed by atoms with E-state index < -0.39 is 0 Å². The first-order chi connectivity index (χ1) is 10.6. The lowest BCUT2D eigenvalue weighted by atomic mass is 9.82. The fraction of sp³-hybridized carbons (Fsp3) is 0.750. The van der Waals surface area contributed by atoms with Crippen LogP contribution in [-0.4, -0.2) is 53.7 Å². The Morgan fingerprint density at radius 1 is 1.55 bits per heavy atom. The highest BCUT2D eigenvalue weighted by atomic mass is 32.1. The zero-order valence-electron chi connectivity index (χ0n) is 13.4. The van der Waals surface area contributed by atoms with Crippen molar-refractivity contribution >= 4 is 17.2 Å². The van der Waals surface area contributed by atoms with Gasteiger partial charge >= 0.3 is 0 Å². The monoisotopic (exact) mass is 323 g/mol. The van der Waals surface area contributed by atoms with Crippen LogP contribution in [0, 0.1) is 6.92 Å². The van der Waals surface area contributed by atoms with Crippen LogP contribution in [0.4, 0.5) is 0 Å². The summed E-state index contributed by atoms with van der Waals surface area (Å²) >= 11 is 1.44. The summed E-state index contributed by atoms with van der Waals surface area (Å²) in [5.74, 6) is 0.133. The molecule has 6 heteroatoms. The van der Waals surface area contributed by atoms with Crippen molar-refractivity contribution in [2.24, 2.45) is 0 Å². The number of amides is 1. The van der Waals surface area contributed by atoms with E-state index >= 15 is 0 Å². The van der Waals surface area contributed by atoms with E-state index in [4.69, 9.17) is 4.74 Å². The van der Waals surface area contributed by atoms with Crippen LogP contribution in [0.15, 0.2) is 5.51 Å². The topological polar surface area (TPSA) is 54.5 Å². The number of carbonyl (C=O) groups is 1. The maximum absolute atomic E-state index is 12.6. The molecular weight excluding hydrogens is 298 g/mol. The first-order valence-corrected chi connectivity index (χ1v) is 9.08. The van der Waals surface area contributed by atoms with Crippen molar-refractivity contribution in [3.63, 3.8) is 0 Å². The Labute approximate surface area is 136 Å². The number of nitrogens with zero attached hydrogens (tertiary/aromatic N) is 2. The second-order valence-electron chi connectivity index (χ2n) is 6.34. The van der Waals surface area contributed by atoms with E-state index in [0.717, 1.165) is 62.5 Å². The number of thiazole rings is 1. The number of aryl methyl sites for hydroxylation is 1. The lowest BCUT2D eigenvalue weighted by Crippen LogP contribution is -2.53. The smallest absolute Gasteiger partial charge is 0.265 e. The Bertz CT molecular complexity index is 521. The van der Waals surface area contributed by atoms with E-state index in [2.05, 4.69) is 17.2 Å². The Balaban J connectivity index is 1.60. The molecule has 3 rings (SSSR count). The number of ether oxygens (including phenoxy) is 1. The molecule has 2 aliphatic heterocycles.